The van der Waals surface area contributed by atoms with E-state index in [1.165, 1.54) is 10.6 Å². The quantitative estimate of drug-likeness (QED) is 0.705. The number of piperidine rings is 1. The van der Waals surface area contributed by atoms with Crippen molar-refractivity contribution in [1.82, 2.24) is 14.5 Å². The minimum absolute atomic E-state index is 0.102. The van der Waals surface area contributed by atoms with Crippen LogP contribution in [-0.4, -0.2) is 81.1 Å². The molecule has 2 heterocycles. The number of hydrogen-bond acceptors (Lipinski definition) is 5. The summed E-state index contributed by atoms with van der Waals surface area (Å²) in [6, 6.07) is -0.575. The van der Waals surface area contributed by atoms with Crippen LogP contribution in [0.5, 0.6) is 0 Å². The lowest BCUT2D eigenvalue weighted by Gasteiger charge is -2.32. The molecule has 0 bridgehead atoms. The molecule has 0 aromatic carbocycles. The normalized spacial score (nSPS) is 22.6. The van der Waals surface area contributed by atoms with Crippen LogP contribution in [0.25, 0.3) is 0 Å². The van der Waals surface area contributed by atoms with Crippen molar-refractivity contribution in [3.63, 3.8) is 0 Å². The molecule has 1 atom stereocenters. The second kappa shape index (κ2) is 7.59. The zero-order valence-electron chi connectivity index (χ0n) is 13.7. The van der Waals surface area contributed by atoms with Crippen LogP contribution >= 0.6 is 0 Å². The molecular formula is C14H25N3O5S. The first-order chi connectivity index (χ1) is 10.8. The zero-order valence-corrected chi connectivity index (χ0v) is 14.5. The third kappa shape index (κ3) is 4.89. The lowest BCUT2D eigenvalue weighted by molar-refractivity contribution is -0.140. The van der Waals surface area contributed by atoms with Gasteiger partial charge in [0.05, 0.1) is 19.5 Å². The second-order valence-electron chi connectivity index (χ2n) is 6.10. The number of carbonyl (C=O) groups excluding carboxylic acids is 2. The molecule has 8 nitrogen and oxygen atoms in total. The lowest BCUT2D eigenvalue weighted by Crippen LogP contribution is -2.52. The molecule has 2 amide bonds. The maximum atomic E-state index is 12.3. The maximum Gasteiger partial charge on any atom is 0.245 e. The van der Waals surface area contributed by atoms with Crippen LogP contribution in [0.4, 0.5) is 0 Å². The van der Waals surface area contributed by atoms with Crippen LogP contribution < -0.4 is 5.32 Å². The summed E-state index contributed by atoms with van der Waals surface area (Å²) in [6.07, 6.45) is 2.14. The summed E-state index contributed by atoms with van der Waals surface area (Å²) in [6.45, 7) is 4.52. The van der Waals surface area contributed by atoms with Crippen molar-refractivity contribution in [1.29, 1.82) is 0 Å². The standard InChI is InChI=1S/C14H25N3O5S/c1-11(14(19)16-7-9-22-10-8-16)15-13(18)12-3-5-17(6-4-12)23(2,20)21/h11-12H,3-10H2,1-2H3,(H,15,18)/t11-/m1/s1. The molecule has 2 saturated heterocycles. The van der Waals surface area contributed by atoms with Crippen molar-refractivity contribution < 1.29 is 22.7 Å². The highest BCUT2D eigenvalue weighted by atomic mass is 32.2. The minimum Gasteiger partial charge on any atom is -0.378 e. The van der Waals surface area contributed by atoms with E-state index in [1.54, 1.807) is 11.8 Å². The van der Waals surface area contributed by atoms with Gasteiger partial charge < -0.3 is 15.0 Å². The average molecular weight is 347 g/mol. The van der Waals surface area contributed by atoms with Crippen molar-refractivity contribution in [2.75, 3.05) is 45.6 Å². The van der Waals surface area contributed by atoms with E-state index in [1.807, 2.05) is 0 Å². The van der Waals surface area contributed by atoms with Crippen LogP contribution in [0.3, 0.4) is 0 Å². The van der Waals surface area contributed by atoms with E-state index in [-0.39, 0.29) is 17.7 Å². The molecule has 9 heteroatoms. The van der Waals surface area contributed by atoms with Gasteiger partial charge in [-0.25, -0.2) is 12.7 Å². The first-order valence-corrected chi connectivity index (χ1v) is 9.76. The summed E-state index contributed by atoms with van der Waals surface area (Å²) in [7, 11) is -3.20. The smallest absolute Gasteiger partial charge is 0.245 e. The highest BCUT2D eigenvalue weighted by Crippen LogP contribution is 2.19. The van der Waals surface area contributed by atoms with E-state index in [0.29, 0.717) is 52.2 Å². The predicted molar refractivity (Wildman–Crippen MR) is 84.1 cm³/mol. The molecule has 0 aliphatic carbocycles. The average Bonchev–Trinajstić information content (AvgIpc) is 2.54. The number of sulfonamides is 1. The van der Waals surface area contributed by atoms with Crippen LogP contribution in [0.15, 0.2) is 0 Å². The van der Waals surface area contributed by atoms with Gasteiger partial charge in [-0.3, -0.25) is 9.59 Å². The van der Waals surface area contributed by atoms with Crippen LogP contribution in [0.1, 0.15) is 19.8 Å². The van der Waals surface area contributed by atoms with Crippen molar-refractivity contribution >= 4 is 21.8 Å². The predicted octanol–water partition coefficient (Wildman–Crippen LogP) is -0.978. The molecule has 0 unspecified atom stereocenters. The number of morpholine rings is 1. The Morgan fingerprint density at radius 2 is 1.70 bits per heavy atom. The Labute approximate surface area is 137 Å². The fourth-order valence-electron chi connectivity index (χ4n) is 2.90. The Kier molecular flexibility index (Phi) is 5.99. The van der Waals surface area contributed by atoms with Gasteiger partial charge in [0.1, 0.15) is 6.04 Å². The van der Waals surface area contributed by atoms with E-state index in [2.05, 4.69) is 5.32 Å². The Hall–Kier alpha value is -1.19. The third-order valence-electron chi connectivity index (χ3n) is 4.35. The van der Waals surface area contributed by atoms with Crippen LogP contribution in [0.2, 0.25) is 0 Å². The Morgan fingerprint density at radius 3 is 2.22 bits per heavy atom. The van der Waals surface area contributed by atoms with Crippen molar-refractivity contribution in [3.8, 4) is 0 Å². The summed E-state index contributed by atoms with van der Waals surface area (Å²) in [5, 5.41) is 2.76. The van der Waals surface area contributed by atoms with E-state index in [4.69, 9.17) is 4.74 Å². The van der Waals surface area contributed by atoms with Gasteiger partial charge in [0.25, 0.3) is 0 Å². The SMILES string of the molecule is C[C@@H](NC(=O)C1CCN(S(C)(=O)=O)CC1)C(=O)N1CCOCC1. The molecule has 0 spiro atoms. The highest BCUT2D eigenvalue weighted by Gasteiger charge is 2.31. The highest BCUT2D eigenvalue weighted by molar-refractivity contribution is 7.88. The molecule has 2 rings (SSSR count). The number of carbonyl (C=O) groups is 2. The van der Waals surface area contributed by atoms with Gasteiger partial charge in [-0.15, -0.1) is 0 Å². The van der Waals surface area contributed by atoms with E-state index < -0.39 is 16.1 Å². The molecule has 0 saturated carbocycles. The van der Waals surface area contributed by atoms with E-state index in [0.717, 1.165) is 0 Å². The fourth-order valence-corrected chi connectivity index (χ4v) is 3.77. The number of rotatable bonds is 4. The molecule has 1 N–H and O–H groups in total. The first kappa shape index (κ1) is 18.2. The molecule has 23 heavy (non-hydrogen) atoms. The number of hydrogen-bond donors (Lipinski definition) is 1. The number of ether oxygens (including phenoxy) is 1. The van der Waals surface area contributed by atoms with Gasteiger partial charge in [-0.2, -0.15) is 0 Å². The Bertz CT molecular complexity index is 537. The second-order valence-corrected chi connectivity index (χ2v) is 8.09. The number of nitrogens with one attached hydrogen (secondary N) is 1. The third-order valence-corrected chi connectivity index (χ3v) is 5.65. The summed E-state index contributed by atoms with van der Waals surface area (Å²) in [5.41, 5.74) is 0. The summed E-state index contributed by atoms with van der Waals surface area (Å²) in [4.78, 5) is 26.2. The van der Waals surface area contributed by atoms with E-state index >= 15 is 0 Å². The van der Waals surface area contributed by atoms with Gasteiger partial charge in [-0.05, 0) is 19.8 Å². The van der Waals surface area contributed by atoms with Crippen LogP contribution in [0, 0.1) is 5.92 Å². The van der Waals surface area contributed by atoms with Gasteiger partial charge in [-0.1, -0.05) is 0 Å². The van der Waals surface area contributed by atoms with E-state index in [9.17, 15) is 18.0 Å². The molecule has 132 valence electrons. The molecular weight excluding hydrogens is 322 g/mol. The van der Waals surface area contributed by atoms with Crippen molar-refractivity contribution in [2.45, 2.75) is 25.8 Å². The van der Waals surface area contributed by atoms with Crippen LogP contribution in [-0.2, 0) is 24.3 Å². The summed E-state index contributed by atoms with van der Waals surface area (Å²) in [5.74, 6) is -0.518. The van der Waals surface area contributed by atoms with Crippen molar-refractivity contribution in [2.24, 2.45) is 5.92 Å². The molecule has 2 aliphatic rings. The fraction of sp³-hybridized carbons (Fsp3) is 0.857. The first-order valence-electron chi connectivity index (χ1n) is 7.91. The minimum atomic E-state index is -3.20. The largest absolute Gasteiger partial charge is 0.378 e. The Balaban J connectivity index is 1.81. The molecule has 2 fully saturated rings. The molecule has 0 aromatic rings. The van der Waals surface area contributed by atoms with Gasteiger partial charge in [0, 0.05) is 32.1 Å². The van der Waals surface area contributed by atoms with Gasteiger partial charge >= 0.3 is 0 Å². The van der Waals surface area contributed by atoms with Crippen molar-refractivity contribution in [3.05, 3.63) is 0 Å². The summed E-state index contributed by atoms with van der Waals surface area (Å²) >= 11 is 0. The summed E-state index contributed by atoms with van der Waals surface area (Å²) < 4.78 is 29.5. The number of amides is 2. The monoisotopic (exact) mass is 347 g/mol. The molecule has 2 aliphatic heterocycles. The van der Waals surface area contributed by atoms with Gasteiger partial charge in [0.15, 0.2) is 0 Å². The zero-order chi connectivity index (χ0) is 17.0. The topological polar surface area (TPSA) is 96.0 Å². The number of nitrogens with zero attached hydrogens (tertiary/aromatic N) is 2. The molecule has 0 aromatic heterocycles. The van der Waals surface area contributed by atoms with Gasteiger partial charge in [0.2, 0.25) is 21.8 Å². The maximum absolute atomic E-state index is 12.3. The lowest BCUT2D eigenvalue weighted by atomic mass is 9.97. The molecule has 0 radical (unpaired) electrons. The Morgan fingerprint density at radius 1 is 1.13 bits per heavy atom.